The van der Waals surface area contributed by atoms with Gasteiger partial charge in [-0.25, -0.2) is 0 Å². The van der Waals surface area contributed by atoms with E-state index in [1.165, 1.54) is 24.8 Å². The molecule has 0 aliphatic rings. The number of methoxy groups -OCH3 is 1. The molecule has 3 heteroatoms. The van der Waals surface area contributed by atoms with Gasteiger partial charge in [-0.3, -0.25) is 0 Å². The molecule has 0 aliphatic heterocycles. The molecule has 0 fully saturated rings. The zero-order valence-electron chi connectivity index (χ0n) is 14.6. The van der Waals surface area contributed by atoms with Crippen molar-refractivity contribution >= 4 is 8.07 Å². The summed E-state index contributed by atoms with van der Waals surface area (Å²) in [5.41, 5.74) is 4.61. The molecule has 0 saturated carbocycles. The van der Waals surface area contributed by atoms with E-state index in [0.29, 0.717) is 6.61 Å². The third-order valence-electron chi connectivity index (χ3n) is 3.23. The van der Waals surface area contributed by atoms with Crippen LogP contribution in [0.2, 0.25) is 19.6 Å². The van der Waals surface area contributed by atoms with Gasteiger partial charge in [0.2, 0.25) is 0 Å². The maximum atomic E-state index is 5.70. The lowest BCUT2D eigenvalue weighted by Crippen LogP contribution is -2.16. The summed E-state index contributed by atoms with van der Waals surface area (Å²) >= 11 is 0. The summed E-state index contributed by atoms with van der Waals surface area (Å²) in [7, 11) is 0.512. The molecule has 1 aromatic rings. The summed E-state index contributed by atoms with van der Waals surface area (Å²) in [5.74, 6) is 4.22. The number of ether oxygens (including phenoxy) is 2. The lowest BCUT2D eigenvalue weighted by molar-refractivity contribution is 0.116. The average Bonchev–Trinajstić information content (AvgIpc) is 2.48. The van der Waals surface area contributed by atoms with Gasteiger partial charge in [-0.05, 0) is 30.5 Å². The van der Waals surface area contributed by atoms with Crippen LogP contribution in [0, 0.1) is 11.5 Å². The van der Waals surface area contributed by atoms with Crippen LogP contribution < -0.4 is 4.74 Å². The van der Waals surface area contributed by atoms with Gasteiger partial charge < -0.3 is 9.47 Å². The minimum Gasteiger partial charge on any atom is -0.497 e. The molecule has 2 nitrogen and oxygen atoms in total. The van der Waals surface area contributed by atoms with Gasteiger partial charge in [0.1, 0.15) is 13.8 Å². The number of unbranched alkanes of at least 4 members (excludes halogenated alkanes) is 4. The van der Waals surface area contributed by atoms with Gasteiger partial charge >= 0.3 is 0 Å². The fourth-order valence-corrected chi connectivity index (χ4v) is 2.67. The van der Waals surface area contributed by atoms with E-state index in [0.717, 1.165) is 25.2 Å². The second kappa shape index (κ2) is 10.5. The fraction of sp³-hybridized carbons (Fsp3) is 0.579. The monoisotopic (exact) mass is 318 g/mol. The predicted molar refractivity (Wildman–Crippen MR) is 96.9 cm³/mol. The molecule has 0 aromatic heterocycles. The molecule has 1 rings (SSSR count). The van der Waals surface area contributed by atoms with Crippen molar-refractivity contribution in [3.05, 3.63) is 29.8 Å². The van der Waals surface area contributed by atoms with Crippen LogP contribution in [-0.4, -0.2) is 21.8 Å². The van der Waals surface area contributed by atoms with Crippen LogP contribution in [0.5, 0.6) is 5.75 Å². The van der Waals surface area contributed by atoms with Crippen molar-refractivity contribution in [3.63, 3.8) is 0 Å². The Hall–Kier alpha value is -1.24. The number of benzene rings is 1. The van der Waals surface area contributed by atoms with E-state index in [1.807, 2.05) is 12.1 Å². The van der Waals surface area contributed by atoms with Crippen molar-refractivity contribution < 1.29 is 9.47 Å². The van der Waals surface area contributed by atoms with Gasteiger partial charge in [0.25, 0.3) is 0 Å². The Kier molecular flexibility index (Phi) is 8.96. The highest BCUT2D eigenvalue weighted by Gasteiger charge is 2.06. The van der Waals surface area contributed by atoms with E-state index in [4.69, 9.17) is 9.47 Å². The smallest absolute Gasteiger partial charge is 0.129 e. The van der Waals surface area contributed by atoms with Gasteiger partial charge in [0.05, 0.1) is 13.7 Å². The van der Waals surface area contributed by atoms with Crippen LogP contribution in [0.4, 0.5) is 0 Å². The molecule has 1 aromatic carbocycles. The Morgan fingerprint density at radius 3 is 2.27 bits per heavy atom. The lowest BCUT2D eigenvalue weighted by Gasteiger charge is -2.05. The third kappa shape index (κ3) is 9.65. The van der Waals surface area contributed by atoms with Crippen molar-refractivity contribution in [3.8, 4) is 17.2 Å². The van der Waals surface area contributed by atoms with Crippen LogP contribution in [0.25, 0.3) is 0 Å². The molecule has 0 saturated heterocycles. The maximum Gasteiger partial charge on any atom is 0.129 e. The number of hydrogen-bond donors (Lipinski definition) is 0. The first-order valence-electron chi connectivity index (χ1n) is 8.22. The molecule has 122 valence electrons. The molecule has 22 heavy (non-hydrogen) atoms. The molecule has 0 radical (unpaired) electrons. The molecular formula is C19H30O2Si. The highest BCUT2D eigenvalue weighted by Crippen LogP contribution is 2.12. The van der Waals surface area contributed by atoms with Crippen molar-refractivity contribution in [2.45, 2.75) is 58.4 Å². The van der Waals surface area contributed by atoms with Gasteiger partial charge in [-0.15, -0.1) is 11.5 Å². The SMILES string of the molecule is COc1ccc(COCCCCCCC#C[Si](C)(C)C)cc1. The first-order valence-corrected chi connectivity index (χ1v) is 11.7. The van der Waals surface area contributed by atoms with Gasteiger partial charge in [0, 0.05) is 13.0 Å². The molecular weight excluding hydrogens is 288 g/mol. The third-order valence-corrected chi connectivity index (χ3v) is 4.16. The van der Waals surface area contributed by atoms with Crippen LogP contribution in [-0.2, 0) is 11.3 Å². The summed E-state index contributed by atoms with van der Waals surface area (Å²) in [4.78, 5) is 0. The summed E-state index contributed by atoms with van der Waals surface area (Å²) in [6.07, 6.45) is 5.90. The molecule has 0 N–H and O–H groups in total. The van der Waals surface area contributed by atoms with Crippen molar-refractivity contribution in [2.75, 3.05) is 13.7 Å². The zero-order chi connectivity index (χ0) is 16.3. The minimum absolute atomic E-state index is 0.686. The van der Waals surface area contributed by atoms with Crippen LogP contribution in [0.3, 0.4) is 0 Å². The predicted octanol–water partition coefficient (Wildman–Crippen LogP) is 5.04. The lowest BCUT2D eigenvalue weighted by atomic mass is 10.1. The van der Waals surface area contributed by atoms with Crippen molar-refractivity contribution in [1.29, 1.82) is 0 Å². The fourth-order valence-electron chi connectivity index (χ4n) is 2.01. The Morgan fingerprint density at radius 2 is 1.64 bits per heavy atom. The Bertz CT molecular complexity index is 463. The molecule has 0 amide bonds. The second-order valence-corrected chi connectivity index (χ2v) is 11.4. The quantitative estimate of drug-likeness (QED) is 0.361. The molecule has 0 spiro atoms. The Balaban J connectivity index is 1.98. The van der Waals surface area contributed by atoms with Crippen molar-refractivity contribution in [2.24, 2.45) is 0 Å². The highest BCUT2D eigenvalue weighted by atomic mass is 28.3. The number of rotatable bonds is 9. The standard InChI is InChI=1S/C19H30O2Si/c1-20-19-13-11-18(12-14-19)17-21-15-9-7-5-6-8-10-16-22(2,3)4/h11-14H,5-9,15,17H2,1-4H3. The van der Waals surface area contributed by atoms with E-state index in [9.17, 15) is 0 Å². The van der Waals surface area contributed by atoms with E-state index in [-0.39, 0.29) is 0 Å². The van der Waals surface area contributed by atoms with Crippen LogP contribution in [0.15, 0.2) is 24.3 Å². The maximum absolute atomic E-state index is 5.70. The second-order valence-electron chi connectivity index (χ2n) is 6.62. The van der Waals surface area contributed by atoms with Gasteiger partial charge in [-0.1, -0.05) is 44.6 Å². The summed E-state index contributed by atoms with van der Waals surface area (Å²) < 4.78 is 10.8. The van der Waals surface area contributed by atoms with Gasteiger partial charge in [0.15, 0.2) is 0 Å². The Morgan fingerprint density at radius 1 is 0.955 bits per heavy atom. The first-order chi connectivity index (χ1) is 10.5. The zero-order valence-corrected chi connectivity index (χ0v) is 15.6. The topological polar surface area (TPSA) is 18.5 Å². The van der Waals surface area contributed by atoms with E-state index >= 15 is 0 Å². The molecule has 0 unspecified atom stereocenters. The van der Waals surface area contributed by atoms with Gasteiger partial charge in [-0.2, -0.15) is 0 Å². The molecule has 0 bridgehead atoms. The number of hydrogen-bond acceptors (Lipinski definition) is 2. The van der Waals surface area contributed by atoms with Crippen molar-refractivity contribution in [1.82, 2.24) is 0 Å². The average molecular weight is 319 g/mol. The molecule has 0 atom stereocenters. The van der Waals surface area contributed by atoms with Crippen LogP contribution in [0.1, 0.15) is 37.7 Å². The van der Waals surface area contributed by atoms with E-state index < -0.39 is 8.07 Å². The Labute approximate surface area is 137 Å². The highest BCUT2D eigenvalue weighted by molar-refractivity contribution is 6.83. The van der Waals surface area contributed by atoms with Crippen LogP contribution >= 0.6 is 0 Å². The molecule has 0 heterocycles. The summed E-state index contributed by atoms with van der Waals surface area (Å²) in [5, 5.41) is 0. The van der Waals surface area contributed by atoms with E-state index in [2.05, 4.69) is 43.2 Å². The largest absolute Gasteiger partial charge is 0.497 e. The molecule has 0 aliphatic carbocycles. The summed E-state index contributed by atoms with van der Waals surface area (Å²) in [6, 6.07) is 8.05. The minimum atomic E-state index is -1.17. The van der Waals surface area contributed by atoms with E-state index in [1.54, 1.807) is 7.11 Å². The first kappa shape index (κ1) is 18.8. The normalized spacial score (nSPS) is 10.9. The summed E-state index contributed by atoms with van der Waals surface area (Å²) in [6.45, 7) is 8.40.